The molecule has 0 saturated carbocycles. The quantitative estimate of drug-likeness (QED) is 0.747. The molecule has 0 unspecified atom stereocenters. The third-order valence-corrected chi connectivity index (χ3v) is 6.93. The number of halogens is 1. The molecule has 148 valence electrons. The van der Waals surface area contributed by atoms with Gasteiger partial charge in [0.2, 0.25) is 10.0 Å². The summed E-state index contributed by atoms with van der Waals surface area (Å²) in [5.74, 6) is 0.387. The molecule has 28 heavy (non-hydrogen) atoms. The van der Waals surface area contributed by atoms with Gasteiger partial charge in [0.15, 0.2) is 0 Å². The number of anilines is 1. The minimum Gasteiger partial charge on any atom is -0.488 e. The summed E-state index contributed by atoms with van der Waals surface area (Å²) in [4.78, 5) is 12.9. The van der Waals surface area contributed by atoms with Crippen molar-refractivity contribution in [3.8, 4) is 5.75 Å². The summed E-state index contributed by atoms with van der Waals surface area (Å²) in [7, 11) is -0.657. The van der Waals surface area contributed by atoms with Crippen molar-refractivity contribution in [1.82, 2.24) is 4.31 Å². The number of fused-ring (bicyclic) bond motifs is 1. The van der Waals surface area contributed by atoms with E-state index in [2.05, 4.69) is 21.2 Å². The molecule has 0 atom stereocenters. The Labute approximate surface area is 173 Å². The predicted octanol–water partition coefficient (Wildman–Crippen LogP) is 3.73. The molecular weight excluding hydrogens is 444 g/mol. The lowest BCUT2D eigenvalue weighted by molar-refractivity contribution is -0.113. The van der Waals surface area contributed by atoms with Crippen LogP contribution in [0, 0.1) is 13.8 Å². The number of hydrogen-bond donors (Lipinski definition) is 1. The maximum atomic E-state index is 12.8. The molecule has 2 aromatic rings. The fourth-order valence-corrected chi connectivity index (χ4v) is 4.19. The fraction of sp³-hybridized carbons (Fsp3) is 0.250. The van der Waals surface area contributed by atoms with E-state index in [1.807, 2.05) is 32.0 Å². The van der Waals surface area contributed by atoms with Crippen LogP contribution >= 0.6 is 15.9 Å². The number of nitrogens with one attached hydrogen (secondary N) is 1. The van der Waals surface area contributed by atoms with Crippen LogP contribution in [0.4, 0.5) is 5.69 Å². The molecule has 0 radical (unpaired) electrons. The molecule has 3 rings (SSSR count). The van der Waals surface area contributed by atoms with Crippen LogP contribution in [0.3, 0.4) is 0 Å². The third kappa shape index (κ3) is 3.99. The summed E-state index contributed by atoms with van der Waals surface area (Å²) < 4.78 is 32.7. The molecule has 6 nitrogen and oxygen atoms in total. The Kier molecular flexibility index (Phi) is 5.65. The summed E-state index contributed by atoms with van der Waals surface area (Å²) in [5.41, 5.74) is 3.32. The highest BCUT2D eigenvalue weighted by atomic mass is 79.9. The first kappa shape index (κ1) is 20.6. The van der Waals surface area contributed by atoms with Crippen molar-refractivity contribution in [3.05, 3.63) is 57.1 Å². The molecule has 0 fully saturated rings. The monoisotopic (exact) mass is 464 g/mol. The number of hydrogen-bond acceptors (Lipinski definition) is 4. The van der Waals surface area contributed by atoms with Gasteiger partial charge < -0.3 is 10.1 Å². The lowest BCUT2D eigenvalue weighted by Gasteiger charge is -2.19. The zero-order valence-electron chi connectivity index (χ0n) is 16.0. The molecule has 0 bridgehead atoms. The molecule has 1 heterocycles. The maximum absolute atomic E-state index is 12.8. The summed E-state index contributed by atoms with van der Waals surface area (Å²) in [5, 5.41) is 2.84. The summed E-state index contributed by atoms with van der Waals surface area (Å²) in [6, 6.07) is 8.69. The molecule has 0 spiro atoms. The van der Waals surface area contributed by atoms with Crippen molar-refractivity contribution >= 4 is 43.6 Å². The minimum absolute atomic E-state index is 0.138. The standard InChI is InChI=1S/C20H21BrN2O4S/c1-12-7-17(28(25,26)23(3)4)10-18(13(12)2)22-20(24)15-8-14-9-16(21)5-6-19(14)27-11-15/h5-10H,11H2,1-4H3,(H,22,24). The van der Waals surface area contributed by atoms with Crippen LogP contribution < -0.4 is 10.1 Å². The van der Waals surface area contributed by atoms with Crippen LogP contribution in [0.1, 0.15) is 16.7 Å². The first-order valence-corrected chi connectivity index (χ1v) is 10.8. The van der Waals surface area contributed by atoms with Crippen molar-refractivity contribution < 1.29 is 17.9 Å². The summed E-state index contributed by atoms with van der Waals surface area (Å²) >= 11 is 3.41. The van der Waals surface area contributed by atoms with E-state index in [4.69, 9.17) is 4.74 Å². The second-order valence-electron chi connectivity index (χ2n) is 6.79. The second kappa shape index (κ2) is 7.69. The van der Waals surface area contributed by atoms with Crippen LogP contribution in [0.25, 0.3) is 6.08 Å². The molecule has 1 N–H and O–H groups in total. The van der Waals surface area contributed by atoms with Crippen molar-refractivity contribution in [3.63, 3.8) is 0 Å². The average molecular weight is 465 g/mol. The number of aryl methyl sites for hydroxylation is 1. The zero-order chi connectivity index (χ0) is 20.6. The van der Waals surface area contributed by atoms with Crippen LogP contribution in [-0.4, -0.2) is 39.3 Å². The van der Waals surface area contributed by atoms with Crippen molar-refractivity contribution in [2.45, 2.75) is 18.7 Å². The molecule has 0 aromatic heterocycles. The molecule has 1 amide bonds. The zero-order valence-corrected chi connectivity index (χ0v) is 18.4. The minimum atomic E-state index is -3.61. The highest BCUT2D eigenvalue weighted by molar-refractivity contribution is 9.10. The fourth-order valence-electron chi connectivity index (χ4n) is 2.80. The van der Waals surface area contributed by atoms with Crippen LogP contribution in [0.5, 0.6) is 5.75 Å². The van der Waals surface area contributed by atoms with Gasteiger partial charge in [-0.1, -0.05) is 15.9 Å². The van der Waals surface area contributed by atoms with E-state index in [-0.39, 0.29) is 17.4 Å². The van der Waals surface area contributed by atoms with Crippen molar-refractivity contribution in [2.24, 2.45) is 0 Å². The van der Waals surface area contributed by atoms with E-state index in [1.54, 1.807) is 12.1 Å². The van der Waals surface area contributed by atoms with Gasteiger partial charge in [0.05, 0.1) is 10.5 Å². The largest absolute Gasteiger partial charge is 0.488 e. The first-order valence-electron chi connectivity index (χ1n) is 8.57. The number of sulfonamides is 1. The van der Waals surface area contributed by atoms with Gasteiger partial charge in [-0.05, 0) is 61.4 Å². The highest BCUT2D eigenvalue weighted by Crippen LogP contribution is 2.30. The number of nitrogens with zero attached hydrogens (tertiary/aromatic N) is 1. The van der Waals surface area contributed by atoms with E-state index in [0.717, 1.165) is 25.5 Å². The van der Waals surface area contributed by atoms with Gasteiger partial charge in [0, 0.05) is 29.8 Å². The Morgan fingerprint density at radius 3 is 2.57 bits per heavy atom. The number of amides is 1. The average Bonchev–Trinajstić information content (AvgIpc) is 2.64. The van der Waals surface area contributed by atoms with Gasteiger partial charge in [0.25, 0.3) is 5.91 Å². The van der Waals surface area contributed by atoms with Crippen LogP contribution in [0.2, 0.25) is 0 Å². The predicted molar refractivity (Wildman–Crippen MR) is 113 cm³/mol. The molecule has 2 aromatic carbocycles. The number of carbonyl (C=O) groups excluding carboxylic acids is 1. The third-order valence-electron chi connectivity index (χ3n) is 4.64. The Morgan fingerprint density at radius 1 is 1.18 bits per heavy atom. The van der Waals surface area contributed by atoms with Crippen LogP contribution in [-0.2, 0) is 14.8 Å². The summed E-state index contributed by atoms with van der Waals surface area (Å²) in [6.07, 6.45) is 1.78. The van der Waals surface area contributed by atoms with Crippen LogP contribution in [0.15, 0.2) is 45.3 Å². The van der Waals surface area contributed by atoms with Gasteiger partial charge in [-0.15, -0.1) is 0 Å². The Hall–Kier alpha value is -2.16. The molecule has 8 heteroatoms. The van der Waals surface area contributed by atoms with E-state index >= 15 is 0 Å². The number of benzene rings is 2. The van der Waals surface area contributed by atoms with Gasteiger partial charge >= 0.3 is 0 Å². The molecule has 1 aliphatic heterocycles. The molecule has 0 saturated heterocycles. The Balaban J connectivity index is 1.94. The van der Waals surface area contributed by atoms with Crippen molar-refractivity contribution in [1.29, 1.82) is 0 Å². The number of ether oxygens (including phenoxy) is 1. The van der Waals surface area contributed by atoms with E-state index in [9.17, 15) is 13.2 Å². The lowest BCUT2D eigenvalue weighted by Crippen LogP contribution is -2.24. The summed E-state index contributed by atoms with van der Waals surface area (Å²) in [6.45, 7) is 3.81. The highest BCUT2D eigenvalue weighted by Gasteiger charge is 2.22. The molecule has 0 aliphatic carbocycles. The second-order valence-corrected chi connectivity index (χ2v) is 9.86. The number of carbonyl (C=O) groups is 1. The topological polar surface area (TPSA) is 75.7 Å². The lowest BCUT2D eigenvalue weighted by atomic mass is 10.1. The van der Waals surface area contributed by atoms with E-state index in [0.29, 0.717) is 17.0 Å². The smallest absolute Gasteiger partial charge is 0.255 e. The van der Waals surface area contributed by atoms with E-state index < -0.39 is 10.0 Å². The van der Waals surface area contributed by atoms with Gasteiger partial charge in [-0.2, -0.15) is 0 Å². The SMILES string of the molecule is Cc1cc(S(=O)(=O)N(C)C)cc(NC(=O)C2=Cc3cc(Br)ccc3OC2)c1C. The maximum Gasteiger partial charge on any atom is 0.255 e. The molecular formula is C20H21BrN2O4S. The van der Waals surface area contributed by atoms with Gasteiger partial charge in [-0.25, -0.2) is 12.7 Å². The van der Waals surface area contributed by atoms with Gasteiger partial charge in [0.1, 0.15) is 12.4 Å². The number of rotatable bonds is 4. The first-order chi connectivity index (χ1) is 13.1. The van der Waals surface area contributed by atoms with Gasteiger partial charge in [-0.3, -0.25) is 4.79 Å². The van der Waals surface area contributed by atoms with E-state index in [1.165, 1.54) is 20.2 Å². The van der Waals surface area contributed by atoms with Crippen molar-refractivity contribution in [2.75, 3.05) is 26.0 Å². The molecule has 1 aliphatic rings. The Morgan fingerprint density at radius 2 is 1.89 bits per heavy atom. The normalized spacial score (nSPS) is 13.6. The Bertz CT molecular complexity index is 1090.